The van der Waals surface area contributed by atoms with Crippen LogP contribution in [0.15, 0.2) is 30.3 Å². The average Bonchev–Trinajstić information content (AvgIpc) is 2.53. The number of carbonyl (C=O) groups excluding carboxylic acids is 1. The van der Waals surface area contributed by atoms with Crippen molar-refractivity contribution in [3.05, 3.63) is 41.9 Å². The van der Waals surface area contributed by atoms with Gasteiger partial charge in [0, 0.05) is 0 Å². The van der Waals surface area contributed by atoms with Crippen LogP contribution in [0.3, 0.4) is 0 Å². The van der Waals surface area contributed by atoms with E-state index in [1.165, 1.54) is 5.56 Å². The third-order valence-corrected chi connectivity index (χ3v) is 1.92. The predicted molar refractivity (Wildman–Crippen MR) is 47.9 cm³/mol. The number of nitrogens with one attached hydrogen (secondary N) is 1. The Morgan fingerprint density at radius 2 is 2.07 bits per heavy atom. The molecule has 1 aromatic rings. The van der Waals surface area contributed by atoms with E-state index in [4.69, 9.17) is 4.74 Å². The molecule has 2 rings (SSSR count). The Morgan fingerprint density at radius 3 is 2.64 bits per heavy atom. The maximum absolute atomic E-state index is 10.7. The van der Waals surface area contributed by atoms with Gasteiger partial charge in [0.15, 0.2) is 0 Å². The molecule has 1 amide bonds. The van der Waals surface area contributed by atoms with Gasteiger partial charge in [0.25, 0.3) is 0 Å². The molecule has 0 aromatic heterocycles. The third kappa shape index (κ3) is 2.80. The molecule has 0 saturated carbocycles. The number of rotatable bonds is 2. The minimum absolute atomic E-state index is 0. The molecule has 1 heterocycles. The van der Waals surface area contributed by atoms with Gasteiger partial charge in [-0.1, -0.05) is 35.9 Å². The van der Waals surface area contributed by atoms with E-state index < -0.39 is 0 Å². The van der Waals surface area contributed by atoms with Crippen molar-refractivity contribution in [2.75, 3.05) is 6.61 Å². The number of hydrogen-bond acceptors (Lipinski definition) is 2. The molecule has 1 aliphatic rings. The summed E-state index contributed by atoms with van der Waals surface area (Å²) in [5.74, 6) is 0. The van der Waals surface area contributed by atoms with Gasteiger partial charge in [0.1, 0.15) is 0 Å². The molecule has 68 valence electrons. The van der Waals surface area contributed by atoms with Crippen molar-refractivity contribution in [2.24, 2.45) is 0 Å². The molecule has 14 heavy (non-hydrogen) atoms. The van der Waals surface area contributed by atoms with Crippen LogP contribution in [-0.2, 0) is 11.2 Å². The third-order valence-electron chi connectivity index (χ3n) is 1.92. The van der Waals surface area contributed by atoms with Gasteiger partial charge < -0.3 is 10.1 Å². The Balaban J connectivity index is 0.000000980. The molecule has 1 fully saturated rings. The summed E-state index contributed by atoms with van der Waals surface area (Å²) in [7, 11) is 0. The Kier molecular flexibility index (Phi) is 4.06. The second-order valence-corrected chi connectivity index (χ2v) is 2.97. The van der Waals surface area contributed by atoms with Crippen molar-refractivity contribution < 1.29 is 28.4 Å². The molecule has 1 saturated heterocycles. The summed E-state index contributed by atoms with van der Waals surface area (Å²) in [6, 6.07) is 10.9. The van der Waals surface area contributed by atoms with E-state index in [1.807, 2.05) is 30.3 Å². The van der Waals surface area contributed by atoms with E-state index in [1.54, 1.807) is 0 Å². The summed E-state index contributed by atoms with van der Waals surface area (Å²) >= 11 is 0. The largest absolute Gasteiger partial charge is 1.00 e. The minimum Gasteiger partial charge on any atom is -0.482 e. The molecule has 0 unspecified atom stereocenters. The summed E-state index contributed by atoms with van der Waals surface area (Å²) in [4.78, 5) is 10.7. The molecular formula is C10H10LiNO2. The number of benzene rings is 1. The topological polar surface area (TPSA) is 38.3 Å². The van der Waals surface area contributed by atoms with Crippen LogP contribution in [-0.4, -0.2) is 12.7 Å². The normalized spacial score (nSPS) is 15.6. The van der Waals surface area contributed by atoms with Crippen LogP contribution in [0, 0.1) is 6.04 Å². The Morgan fingerprint density at radius 1 is 1.36 bits per heavy atom. The maximum Gasteiger partial charge on any atom is 1.00 e. The first-order chi connectivity index (χ1) is 6.34. The van der Waals surface area contributed by atoms with E-state index >= 15 is 0 Å². The van der Waals surface area contributed by atoms with Crippen molar-refractivity contribution in [1.29, 1.82) is 0 Å². The first-order valence-electron chi connectivity index (χ1n) is 4.17. The first kappa shape index (κ1) is 11.2. The van der Waals surface area contributed by atoms with Crippen LogP contribution in [0.5, 0.6) is 0 Å². The number of hydrogen-bond donors (Lipinski definition) is 1. The Labute approximate surface area is 95.0 Å². The van der Waals surface area contributed by atoms with Crippen molar-refractivity contribution in [1.82, 2.24) is 5.32 Å². The number of ether oxygens (including phenoxy) is 1. The van der Waals surface area contributed by atoms with Gasteiger partial charge in [-0.05, 0) is 6.61 Å². The van der Waals surface area contributed by atoms with Crippen LogP contribution < -0.4 is 24.2 Å². The fourth-order valence-corrected chi connectivity index (χ4v) is 1.31. The predicted octanol–water partition coefficient (Wildman–Crippen LogP) is -1.50. The van der Waals surface area contributed by atoms with Crippen molar-refractivity contribution in [3.63, 3.8) is 0 Å². The second kappa shape index (κ2) is 5.09. The van der Waals surface area contributed by atoms with E-state index in [9.17, 15) is 4.79 Å². The quantitative estimate of drug-likeness (QED) is 0.448. The molecule has 3 nitrogen and oxygen atoms in total. The molecule has 4 heteroatoms. The molecule has 0 spiro atoms. The Bertz CT molecular complexity index is 302. The molecular weight excluding hydrogens is 173 g/mol. The summed E-state index contributed by atoms with van der Waals surface area (Å²) in [6.45, 7) is 0.397. The summed E-state index contributed by atoms with van der Waals surface area (Å²) in [5, 5.41) is 2.66. The van der Waals surface area contributed by atoms with Crippen LogP contribution in [0.4, 0.5) is 4.79 Å². The van der Waals surface area contributed by atoms with E-state index in [2.05, 4.69) is 5.32 Å². The first-order valence-corrected chi connectivity index (χ1v) is 4.17. The van der Waals surface area contributed by atoms with Crippen LogP contribution in [0.25, 0.3) is 0 Å². The van der Waals surface area contributed by atoms with Crippen LogP contribution in [0.1, 0.15) is 5.56 Å². The van der Waals surface area contributed by atoms with E-state index in [0.29, 0.717) is 6.61 Å². The zero-order valence-corrected chi connectivity index (χ0v) is 8.12. The van der Waals surface area contributed by atoms with Crippen molar-refractivity contribution in [2.45, 2.75) is 6.42 Å². The monoisotopic (exact) mass is 183 g/mol. The van der Waals surface area contributed by atoms with Crippen molar-refractivity contribution in [3.8, 4) is 0 Å². The van der Waals surface area contributed by atoms with Gasteiger partial charge >= 0.3 is 25.0 Å². The van der Waals surface area contributed by atoms with Crippen molar-refractivity contribution >= 4 is 6.09 Å². The molecule has 1 aliphatic heterocycles. The van der Waals surface area contributed by atoms with Gasteiger partial charge in [0.2, 0.25) is 0 Å². The second-order valence-electron chi connectivity index (χ2n) is 2.97. The van der Waals surface area contributed by atoms with E-state index in [0.717, 1.165) is 12.5 Å². The van der Waals surface area contributed by atoms with Crippen LogP contribution >= 0.6 is 0 Å². The molecule has 0 bridgehead atoms. The SMILES string of the molecule is O=C1N[C-](Cc2ccccc2)CO1.[Li+]. The van der Waals surface area contributed by atoms with Crippen LogP contribution in [0.2, 0.25) is 0 Å². The van der Waals surface area contributed by atoms with Gasteiger partial charge in [-0.15, -0.1) is 6.42 Å². The van der Waals surface area contributed by atoms with Gasteiger partial charge in [-0.3, -0.25) is 0 Å². The Hall–Kier alpha value is -0.913. The van der Waals surface area contributed by atoms with E-state index in [-0.39, 0.29) is 25.0 Å². The zero-order valence-electron chi connectivity index (χ0n) is 8.12. The smallest absolute Gasteiger partial charge is 0.482 e. The minimum atomic E-state index is -0.342. The van der Waals surface area contributed by atoms with Gasteiger partial charge in [0.05, 0.1) is 0 Å². The number of alkyl carbamates (subject to hydrolysis) is 1. The fraction of sp³-hybridized carbons (Fsp3) is 0.200. The molecule has 0 radical (unpaired) electrons. The fourth-order valence-electron chi connectivity index (χ4n) is 1.31. The number of cyclic esters (lactones) is 1. The standard InChI is InChI=1S/C10H10NO2.Li/c12-10-11-9(7-13-10)6-8-4-2-1-3-5-8;/h1-5H,6-7H2,(H,11,12);/q-1;+1. The molecule has 1 aromatic carbocycles. The number of amides is 1. The summed E-state index contributed by atoms with van der Waals surface area (Å²) < 4.78 is 4.75. The number of carbonyl (C=O) groups is 1. The summed E-state index contributed by atoms with van der Waals surface area (Å²) in [5.41, 5.74) is 1.18. The zero-order chi connectivity index (χ0) is 9.10. The van der Waals surface area contributed by atoms with Gasteiger partial charge in [-0.2, -0.15) is 6.04 Å². The van der Waals surface area contributed by atoms with Gasteiger partial charge in [-0.25, -0.2) is 4.79 Å². The maximum atomic E-state index is 10.7. The average molecular weight is 183 g/mol. The molecule has 0 atom stereocenters. The summed E-state index contributed by atoms with van der Waals surface area (Å²) in [6.07, 6.45) is 0.415. The molecule has 1 N–H and O–H groups in total. The molecule has 0 aliphatic carbocycles.